The monoisotopic (exact) mass is 394 g/mol. The summed E-state index contributed by atoms with van der Waals surface area (Å²) < 4.78 is 11.3. The highest BCUT2D eigenvalue weighted by Crippen LogP contribution is 2.32. The number of anilines is 1. The molecule has 4 rings (SSSR count). The Hall–Kier alpha value is -2.37. The van der Waals surface area contributed by atoms with E-state index >= 15 is 0 Å². The third kappa shape index (κ3) is 6.05. The van der Waals surface area contributed by atoms with Crippen molar-refractivity contribution >= 4 is 11.6 Å². The van der Waals surface area contributed by atoms with Crippen LogP contribution in [0.25, 0.3) is 0 Å². The average molecular weight is 395 g/mol. The Bertz CT molecular complexity index is 784. The quantitative estimate of drug-likeness (QED) is 0.628. The van der Waals surface area contributed by atoms with Crippen LogP contribution < -0.4 is 15.4 Å². The summed E-state index contributed by atoms with van der Waals surface area (Å²) in [5.41, 5.74) is 1.89. The number of fused-ring (bicyclic) bond motifs is 2. The van der Waals surface area contributed by atoms with Gasteiger partial charge in [-0.1, -0.05) is 30.3 Å². The molecule has 2 aromatic carbocycles. The molecule has 2 heterocycles. The van der Waals surface area contributed by atoms with Crippen LogP contribution in [-0.4, -0.2) is 31.2 Å². The van der Waals surface area contributed by atoms with Crippen LogP contribution in [0.4, 0.5) is 5.69 Å². The average Bonchev–Trinajstić information content (AvgIpc) is 3.07. The zero-order valence-electron chi connectivity index (χ0n) is 16.8. The Kier molecular flexibility index (Phi) is 6.80. The van der Waals surface area contributed by atoms with Crippen LogP contribution in [0.1, 0.15) is 37.7 Å². The van der Waals surface area contributed by atoms with Gasteiger partial charge in [-0.15, -0.1) is 0 Å². The minimum absolute atomic E-state index is 0.116. The number of para-hydroxylation sites is 1. The van der Waals surface area contributed by atoms with Crippen molar-refractivity contribution in [2.75, 3.05) is 18.5 Å². The zero-order valence-corrected chi connectivity index (χ0v) is 16.8. The van der Waals surface area contributed by atoms with Crippen molar-refractivity contribution in [2.24, 2.45) is 5.92 Å². The number of carbonyl (C=O) groups is 1. The summed E-state index contributed by atoms with van der Waals surface area (Å²) in [6.45, 7) is 1.53. The Morgan fingerprint density at radius 1 is 1.00 bits per heavy atom. The molecule has 154 valence electrons. The first-order valence-electron chi connectivity index (χ1n) is 10.6. The van der Waals surface area contributed by atoms with Gasteiger partial charge in [-0.05, 0) is 61.4 Å². The molecule has 2 aliphatic heterocycles. The fraction of sp³-hybridized carbons (Fsp3) is 0.458. The molecular weight excluding hydrogens is 364 g/mol. The maximum absolute atomic E-state index is 12.5. The highest BCUT2D eigenvalue weighted by Gasteiger charge is 2.34. The summed E-state index contributed by atoms with van der Waals surface area (Å²) >= 11 is 0. The van der Waals surface area contributed by atoms with Crippen molar-refractivity contribution in [3.63, 3.8) is 0 Å². The van der Waals surface area contributed by atoms with E-state index in [1.54, 1.807) is 0 Å². The lowest BCUT2D eigenvalue weighted by Gasteiger charge is -2.28. The van der Waals surface area contributed by atoms with Gasteiger partial charge in [0.1, 0.15) is 12.4 Å². The molecule has 2 aromatic rings. The van der Waals surface area contributed by atoms with Crippen molar-refractivity contribution < 1.29 is 14.3 Å². The van der Waals surface area contributed by atoms with Crippen LogP contribution >= 0.6 is 0 Å². The fourth-order valence-corrected chi connectivity index (χ4v) is 4.48. The molecule has 2 N–H and O–H groups in total. The van der Waals surface area contributed by atoms with Gasteiger partial charge in [0.25, 0.3) is 0 Å². The second-order valence-electron chi connectivity index (χ2n) is 8.14. The number of hydrogen-bond donors (Lipinski definition) is 2. The molecule has 5 nitrogen and oxygen atoms in total. The van der Waals surface area contributed by atoms with Gasteiger partial charge >= 0.3 is 0 Å². The first kappa shape index (κ1) is 19.9. The Morgan fingerprint density at radius 2 is 1.79 bits per heavy atom. The maximum atomic E-state index is 12.5. The van der Waals surface area contributed by atoms with Gasteiger partial charge in [-0.3, -0.25) is 4.79 Å². The van der Waals surface area contributed by atoms with Crippen molar-refractivity contribution in [1.29, 1.82) is 0 Å². The van der Waals surface area contributed by atoms with Crippen LogP contribution in [0, 0.1) is 5.92 Å². The third-order valence-corrected chi connectivity index (χ3v) is 5.76. The number of carbonyl (C=O) groups excluding carboxylic acids is 1. The fourth-order valence-electron chi connectivity index (χ4n) is 4.48. The normalized spacial score (nSPS) is 23.0. The lowest BCUT2D eigenvalue weighted by atomic mass is 9.89. The third-order valence-electron chi connectivity index (χ3n) is 5.76. The molecule has 0 spiro atoms. The van der Waals surface area contributed by atoms with Gasteiger partial charge in [0.05, 0.1) is 13.2 Å². The summed E-state index contributed by atoms with van der Waals surface area (Å²) in [4.78, 5) is 12.5. The first-order valence-corrected chi connectivity index (χ1v) is 10.6. The highest BCUT2D eigenvalue weighted by molar-refractivity contribution is 5.90. The molecule has 2 atom stereocenters. The second kappa shape index (κ2) is 9.90. The lowest BCUT2D eigenvalue weighted by molar-refractivity contribution is -0.117. The van der Waals surface area contributed by atoms with Gasteiger partial charge in [-0.2, -0.15) is 0 Å². The van der Waals surface area contributed by atoms with Crippen LogP contribution in [0.3, 0.4) is 0 Å². The highest BCUT2D eigenvalue weighted by atomic mass is 16.5. The van der Waals surface area contributed by atoms with E-state index in [4.69, 9.17) is 9.47 Å². The van der Waals surface area contributed by atoms with E-state index in [0.717, 1.165) is 29.8 Å². The second-order valence-corrected chi connectivity index (χ2v) is 8.14. The molecule has 2 saturated heterocycles. The van der Waals surface area contributed by atoms with Gasteiger partial charge < -0.3 is 20.1 Å². The predicted molar refractivity (Wildman–Crippen MR) is 114 cm³/mol. The number of benzene rings is 2. The summed E-state index contributed by atoms with van der Waals surface area (Å²) in [7, 11) is 0. The molecular formula is C24H30N2O3. The van der Waals surface area contributed by atoms with E-state index in [0.29, 0.717) is 44.2 Å². The zero-order chi connectivity index (χ0) is 19.9. The SMILES string of the molecule is O=C(CC1CC2CCC(C1)N2)Nc1cccc(COCCOc2ccccc2)c1. The van der Waals surface area contributed by atoms with Crippen molar-refractivity contribution in [3.8, 4) is 5.75 Å². The molecule has 2 fully saturated rings. The molecule has 2 unspecified atom stereocenters. The van der Waals surface area contributed by atoms with Gasteiger partial charge in [0.15, 0.2) is 0 Å². The van der Waals surface area contributed by atoms with Crippen LogP contribution in [0.2, 0.25) is 0 Å². The topological polar surface area (TPSA) is 59.6 Å². The molecule has 0 aliphatic carbocycles. The molecule has 1 amide bonds. The molecule has 2 aliphatic rings. The lowest BCUT2D eigenvalue weighted by Crippen LogP contribution is -2.39. The van der Waals surface area contributed by atoms with Gasteiger partial charge in [0.2, 0.25) is 5.91 Å². The number of piperidine rings is 1. The van der Waals surface area contributed by atoms with E-state index in [1.807, 2.05) is 54.6 Å². The van der Waals surface area contributed by atoms with Crippen molar-refractivity contribution in [2.45, 2.75) is 50.8 Å². The number of hydrogen-bond acceptors (Lipinski definition) is 4. The molecule has 0 saturated carbocycles. The van der Waals surface area contributed by atoms with Crippen LogP contribution in [-0.2, 0) is 16.1 Å². The van der Waals surface area contributed by atoms with Crippen molar-refractivity contribution in [1.82, 2.24) is 5.32 Å². The van der Waals surface area contributed by atoms with E-state index in [2.05, 4.69) is 10.6 Å². The summed E-state index contributed by atoms with van der Waals surface area (Å²) in [5.74, 6) is 1.47. The number of nitrogens with one attached hydrogen (secondary N) is 2. The number of rotatable bonds is 9. The molecule has 29 heavy (non-hydrogen) atoms. The molecule has 0 radical (unpaired) electrons. The molecule has 5 heteroatoms. The smallest absolute Gasteiger partial charge is 0.224 e. The van der Waals surface area contributed by atoms with Crippen LogP contribution in [0.15, 0.2) is 54.6 Å². The predicted octanol–water partition coefficient (Wildman–Crippen LogP) is 4.14. The van der Waals surface area contributed by atoms with Crippen molar-refractivity contribution in [3.05, 3.63) is 60.2 Å². The minimum Gasteiger partial charge on any atom is -0.491 e. The number of ether oxygens (including phenoxy) is 2. The van der Waals surface area contributed by atoms with E-state index in [-0.39, 0.29) is 5.91 Å². The first-order chi connectivity index (χ1) is 14.2. The van der Waals surface area contributed by atoms with Gasteiger partial charge in [-0.25, -0.2) is 0 Å². The Morgan fingerprint density at radius 3 is 2.59 bits per heavy atom. The molecule has 2 bridgehead atoms. The Labute approximate surface area is 172 Å². The van der Waals surface area contributed by atoms with Crippen LogP contribution in [0.5, 0.6) is 5.75 Å². The Balaban J connectivity index is 1.17. The summed E-state index contributed by atoms with van der Waals surface area (Å²) in [6.07, 6.45) is 5.40. The van der Waals surface area contributed by atoms with Gasteiger partial charge in [0, 0.05) is 24.2 Å². The van der Waals surface area contributed by atoms with E-state index in [9.17, 15) is 4.79 Å². The summed E-state index contributed by atoms with van der Waals surface area (Å²) in [5, 5.41) is 6.70. The maximum Gasteiger partial charge on any atom is 0.224 e. The van der Waals surface area contributed by atoms with E-state index in [1.165, 1.54) is 12.8 Å². The largest absolute Gasteiger partial charge is 0.491 e. The number of amides is 1. The standard InChI is InChI=1S/C24H30N2O3/c27-24(16-19-14-21-9-10-22(15-19)25-21)26-20-6-4-5-18(13-20)17-28-11-12-29-23-7-2-1-3-8-23/h1-8,13,19,21-22,25H,9-12,14-17H2,(H,26,27). The summed E-state index contributed by atoms with van der Waals surface area (Å²) in [6, 6.07) is 18.9. The molecule has 0 aromatic heterocycles. The van der Waals surface area contributed by atoms with E-state index < -0.39 is 0 Å². The minimum atomic E-state index is 0.116.